The Morgan fingerprint density at radius 3 is 2.94 bits per heavy atom. The monoisotopic (exact) mass is 306 g/mol. The van der Waals surface area contributed by atoms with Gasteiger partial charge in [0.1, 0.15) is 0 Å². The topological polar surface area (TPSA) is 34.1 Å². The summed E-state index contributed by atoms with van der Waals surface area (Å²) in [5.74, 6) is 0.566. The average molecular weight is 308 g/mol. The Labute approximate surface area is 110 Å². The molecule has 1 heterocycles. The maximum absolute atomic E-state index is 5.48. The van der Waals surface area contributed by atoms with Crippen molar-refractivity contribution in [2.24, 2.45) is 0 Å². The summed E-state index contributed by atoms with van der Waals surface area (Å²) in [6.07, 6.45) is 2.80. The molecule has 0 aliphatic heterocycles. The summed E-state index contributed by atoms with van der Waals surface area (Å²) < 4.78 is 6.26. The average Bonchev–Trinajstić information content (AvgIpc) is 2.30. The zero-order valence-corrected chi connectivity index (χ0v) is 11.4. The number of hydrogen-bond donors (Lipinski definition) is 1. The van der Waals surface area contributed by atoms with Crippen molar-refractivity contribution < 1.29 is 4.74 Å². The Bertz CT molecular complexity index is 282. The van der Waals surface area contributed by atoms with Crippen LogP contribution in [0.3, 0.4) is 0 Å². The summed E-state index contributed by atoms with van der Waals surface area (Å²) in [6, 6.07) is 3.99. The fraction of sp³-hybridized carbons (Fsp3) is 0.545. The number of halogens is 2. The van der Waals surface area contributed by atoms with Gasteiger partial charge in [0.05, 0.1) is 12.3 Å². The van der Waals surface area contributed by atoms with Crippen LogP contribution in [0.5, 0.6) is 0 Å². The molecule has 90 valence electrons. The summed E-state index contributed by atoms with van der Waals surface area (Å²) in [5.41, 5.74) is 1.05. The minimum Gasteiger partial charge on any atom is -0.380 e. The van der Waals surface area contributed by atoms with Gasteiger partial charge in [-0.1, -0.05) is 0 Å². The van der Waals surface area contributed by atoms with Crippen LogP contribution in [0.4, 0.5) is 0 Å². The van der Waals surface area contributed by atoms with Crippen molar-refractivity contribution in [3.05, 3.63) is 28.5 Å². The number of nitrogens with one attached hydrogen (secondary N) is 1. The maximum Gasteiger partial charge on any atom is 0.0601 e. The highest BCUT2D eigenvalue weighted by Gasteiger charge is 1.94. The number of pyridine rings is 1. The van der Waals surface area contributed by atoms with Crippen LogP contribution in [0.2, 0.25) is 0 Å². The highest BCUT2D eigenvalue weighted by atomic mass is 79.9. The predicted molar refractivity (Wildman–Crippen MR) is 69.8 cm³/mol. The van der Waals surface area contributed by atoms with Crippen molar-refractivity contribution in [1.82, 2.24) is 10.3 Å². The Morgan fingerprint density at radius 2 is 2.25 bits per heavy atom. The van der Waals surface area contributed by atoms with Gasteiger partial charge in [-0.05, 0) is 41.0 Å². The lowest BCUT2D eigenvalue weighted by Crippen LogP contribution is -2.17. The van der Waals surface area contributed by atoms with Crippen molar-refractivity contribution in [3.63, 3.8) is 0 Å². The molecule has 0 aliphatic carbocycles. The van der Waals surface area contributed by atoms with Gasteiger partial charge < -0.3 is 10.1 Å². The molecule has 1 rings (SSSR count). The molecule has 16 heavy (non-hydrogen) atoms. The number of alkyl halides is 1. The van der Waals surface area contributed by atoms with E-state index in [1.165, 1.54) is 0 Å². The summed E-state index contributed by atoms with van der Waals surface area (Å²) >= 11 is 8.83. The molecule has 0 amide bonds. The first-order chi connectivity index (χ1) is 7.83. The van der Waals surface area contributed by atoms with Crippen LogP contribution in [0, 0.1) is 0 Å². The quantitative estimate of drug-likeness (QED) is 0.592. The molecule has 0 spiro atoms. The van der Waals surface area contributed by atoms with Gasteiger partial charge in [0.25, 0.3) is 0 Å². The lowest BCUT2D eigenvalue weighted by atomic mass is 10.3. The molecule has 0 bridgehead atoms. The highest BCUT2D eigenvalue weighted by molar-refractivity contribution is 9.10. The zero-order chi connectivity index (χ0) is 11.6. The third kappa shape index (κ3) is 6.43. The molecular weight excluding hydrogens is 291 g/mol. The second kappa shape index (κ2) is 8.93. The fourth-order valence-electron chi connectivity index (χ4n) is 1.18. The largest absolute Gasteiger partial charge is 0.380 e. The van der Waals surface area contributed by atoms with Crippen molar-refractivity contribution in [3.8, 4) is 0 Å². The molecule has 0 saturated carbocycles. The van der Waals surface area contributed by atoms with E-state index in [0.29, 0.717) is 12.5 Å². The van der Waals surface area contributed by atoms with Crippen LogP contribution in [-0.4, -0.2) is 30.6 Å². The number of hydrogen-bond acceptors (Lipinski definition) is 3. The maximum atomic E-state index is 5.48. The normalized spacial score (nSPS) is 10.6. The molecule has 1 N–H and O–H groups in total. The van der Waals surface area contributed by atoms with Gasteiger partial charge in [0.2, 0.25) is 0 Å². The Kier molecular flexibility index (Phi) is 7.76. The highest BCUT2D eigenvalue weighted by Crippen LogP contribution is 2.06. The Balaban J connectivity index is 2.01. The fourth-order valence-corrected chi connectivity index (χ4v) is 1.53. The number of ether oxygens (including phenoxy) is 1. The van der Waals surface area contributed by atoms with Crippen LogP contribution >= 0.6 is 27.5 Å². The Morgan fingerprint density at radius 1 is 1.38 bits per heavy atom. The van der Waals surface area contributed by atoms with Crippen molar-refractivity contribution in [1.29, 1.82) is 0 Å². The molecule has 0 saturated heterocycles. The molecule has 3 nitrogen and oxygen atoms in total. The first kappa shape index (κ1) is 13.9. The van der Waals surface area contributed by atoms with Crippen molar-refractivity contribution >= 4 is 27.5 Å². The number of rotatable bonds is 8. The van der Waals surface area contributed by atoms with Gasteiger partial charge in [0.15, 0.2) is 0 Å². The van der Waals surface area contributed by atoms with Crippen LogP contribution < -0.4 is 5.32 Å². The van der Waals surface area contributed by atoms with Crippen molar-refractivity contribution in [2.75, 3.05) is 25.6 Å². The minimum absolute atomic E-state index is 0.566. The van der Waals surface area contributed by atoms with Gasteiger partial charge in [-0.2, -0.15) is 0 Å². The van der Waals surface area contributed by atoms with E-state index in [1.54, 1.807) is 6.20 Å². The third-order valence-corrected chi connectivity index (χ3v) is 2.58. The van der Waals surface area contributed by atoms with Gasteiger partial charge in [-0.25, -0.2) is 0 Å². The zero-order valence-electron chi connectivity index (χ0n) is 9.09. The van der Waals surface area contributed by atoms with Gasteiger partial charge in [-0.15, -0.1) is 11.6 Å². The SMILES string of the molecule is ClCCOCCCNCc1ccc(Br)cn1. The molecule has 0 aromatic carbocycles. The summed E-state index contributed by atoms with van der Waals surface area (Å²) in [5, 5.41) is 3.31. The molecule has 0 unspecified atom stereocenters. The predicted octanol–water partition coefficient (Wildman–Crippen LogP) is 2.58. The van der Waals surface area contributed by atoms with Crippen LogP contribution in [-0.2, 0) is 11.3 Å². The van der Waals surface area contributed by atoms with Gasteiger partial charge in [-0.3, -0.25) is 4.98 Å². The van der Waals surface area contributed by atoms with E-state index in [9.17, 15) is 0 Å². The number of nitrogens with zero attached hydrogens (tertiary/aromatic N) is 1. The first-order valence-corrected chi connectivity index (χ1v) is 6.60. The van der Waals surface area contributed by atoms with E-state index in [4.69, 9.17) is 16.3 Å². The standard InChI is InChI=1S/C11H16BrClN2O/c12-10-2-3-11(15-8-10)9-14-5-1-6-16-7-4-13/h2-3,8,14H,1,4-7,9H2. The van der Waals surface area contributed by atoms with E-state index in [-0.39, 0.29) is 0 Å². The first-order valence-electron chi connectivity index (χ1n) is 5.28. The van der Waals surface area contributed by atoms with Crippen molar-refractivity contribution in [2.45, 2.75) is 13.0 Å². The van der Waals surface area contributed by atoms with E-state index in [1.807, 2.05) is 12.1 Å². The second-order valence-corrected chi connectivity index (χ2v) is 4.59. The third-order valence-electron chi connectivity index (χ3n) is 1.96. The number of aromatic nitrogens is 1. The van der Waals surface area contributed by atoms with Crippen LogP contribution in [0.15, 0.2) is 22.8 Å². The lowest BCUT2D eigenvalue weighted by molar-refractivity contribution is 0.146. The summed E-state index contributed by atoms with van der Waals surface area (Å²) in [6.45, 7) is 3.12. The lowest BCUT2D eigenvalue weighted by Gasteiger charge is -2.04. The summed E-state index contributed by atoms with van der Waals surface area (Å²) in [7, 11) is 0. The van der Waals surface area contributed by atoms with Gasteiger partial charge in [0, 0.05) is 29.7 Å². The Hall–Kier alpha value is -0.160. The van der Waals surface area contributed by atoms with E-state index >= 15 is 0 Å². The van der Waals surface area contributed by atoms with Crippen LogP contribution in [0.1, 0.15) is 12.1 Å². The minimum atomic E-state index is 0.566. The van der Waals surface area contributed by atoms with Gasteiger partial charge >= 0.3 is 0 Å². The summed E-state index contributed by atoms with van der Waals surface area (Å²) in [4.78, 5) is 4.27. The molecule has 0 aliphatic rings. The molecule has 0 atom stereocenters. The van der Waals surface area contributed by atoms with Crippen LogP contribution in [0.25, 0.3) is 0 Å². The molecular formula is C11H16BrClN2O. The van der Waals surface area contributed by atoms with E-state index in [0.717, 1.165) is 36.3 Å². The molecule has 1 aromatic heterocycles. The second-order valence-electron chi connectivity index (χ2n) is 3.30. The molecule has 0 fully saturated rings. The molecule has 1 aromatic rings. The molecule has 0 radical (unpaired) electrons. The van der Waals surface area contributed by atoms with E-state index < -0.39 is 0 Å². The smallest absolute Gasteiger partial charge is 0.0601 e. The molecule has 5 heteroatoms. The van der Waals surface area contributed by atoms with E-state index in [2.05, 4.69) is 26.2 Å².